The first-order valence-corrected chi connectivity index (χ1v) is 15.0. The van der Waals surface area contributed by atoms with Gasteiger partial charge in [-0.2, -0.15) is 5.90 Å². The third kappa shape index (κ3) is 4.56. The summed E-state index contributed by atoms with van der Waals surface area (Å²) in [5.74, 6) is 0.730. The van der Waals surface area contributed by atoms with Crippen molar-refractivity contribution in [3.63, 3.8) is 0 Å². The molecule has 1 saturated heterocycles. The number of benzene rings is 1. The number of rotatable bonds is 7. The van der Waals surface area contributed by atoms with Gasteiger partial charge in [-0.05, 0) is 82.5 Å². The number of aliphatic hydroxyl groups is 3. The van der Waals surface area contributed by atoms with Crippen molar-refractivity contribution < 1.29 is 39.0 Å². The van der Waals surface area contributed by atoms with E-state index < -0.39 is 58.0 Å². The van der Waals surface area contributed by atoms with E-state index >= 15 is 0 Å². The fourth-order valence-electron chi connectivity index (χ4n) is 7.75. The Morgan fingerprint density at radius 1 is 1.16 bits per heavy atom. The maximum Gasteiger partial charge on any atom is 0.255 e. The van der Waals surface area contributed by atoms with Gasteiger partial charge in [-0.15, -0.1) is 0 Å². The molecule has 4 atom stereocenters. The number of anilines is 1. The summed E-state index contributed by atoms with van der Waals surface area (Å²) >= 11 is 0. The second kappa shape index (κ2) is 11.0. The quantitative estimate of drug-likeness (QED) is 0.221. The van der Waals surface area contributed by atoms with Crippen LogP contribution < -0.4 is 21.4 Å². The van der Waals surface area contributed by atoms with Gasteiger partial charge < -0.3 is 35.2 Å². The van der Waals surface area contributed by atoms with E-state index in [1.54, 1.807) is 20.2 Å². The molecule has 4 aliphatic rings. The molecule has 240 valence electrons. The molecule has 1 aliphatic heterocycles. The third-order valence-electron chi connectivity index (χ3n) is 9.78. The fraction of sp³-hybridized carbons (Fsp3) is 0.469. The van der Waals surface area contributed by atoms with Gasteiger partial charge in [0.1, 0.15) is 28.6 Å². The van der Waals surface area contributed by atoms with Gasteiger partial charge in [0.15, 0.2) is 17.1 Å². The minimum atomic E-state index is -2.68. The molecule has 13 heteroatoms. The smallest absolute Gasteiger partial charge is 0.255 e. The van der Waals surface area contributed by atoms with Crippen molar-refractivity contribution in [1.82, 2.24) is 9.80 Å². The van der Waals surface area contributed by atoms with Crippen LogP contribution in [0.25, 0.3) is 17.1 Å². The zero-order chi connectivity index (χ0) is 32.5. The SMILES string of the molecule is CN(C)c1cc(-c2ccc(CN3CCCC3)o2)c(ON)c2c1C[C@H]1C[C@H]3[C@H](N(C)C)C(=O)C(C(N)=O)=C(O)[C@@]3(O)C(=O)C1=C2O. The van der Waals surface area contributed by atoms with Crippen LogP contribution in [0.4, 0.5) is 5.69 Å². The number of likely N-dealkylation sites (tertiary alicyclic amines) is 1. The highest BCUT2D eigenvalue weighted by Crippen LogP contribution is 2.55. The number of furan rings is 1. The first-order valence-electron chi connectivity index (χ1n) is 15.0. The summed E-state index contributed by atoms with van der Waals surface area (Å²) in [7, 11) is 6.85. The van der Waals surface area contributed by atoms with Crippen molar-refractivity contribution >= 4 is 28.9 Å². The lowest BCUT2D eigenvalue weighted by molar-refractivity contribution is -0.153. The van der Waals surface area contributed by atoms with Gasteiger partial charge in [-0.1, -0.05) is 0 Å². The number of Topliss-reactive ketones (excluding diaryl/α,β-unsaturated/α-hetero) is 2. The van der Waals surface area contributed by atoms with Gasteiger partial charge in [-0.3, -0.25) is 24.2 Å². The van der Waals surface area contributed by atoms with Crippen LogP contribution in [0.2, 0.25) is 0 Å². The van der Waals surface area contributed by atoms with Crippen molar-refractivity contribution in [2.75, 3.05) is 46.2 Å². The van der Waals surface area contributed by atoms with Gasteiger partial charge in [0, 0.05) is 31.3 Å². The Morgan fingerprint density at radius 3 is 2.44 bits per heavy atom. The number of ketones is 2. The molecule has 1 aromatic heterocycles. The molecule has 3 aliphatic carbocycles. The summed E-state index contributed by atoms with van der Waals surface area (Å²) in [6.07, 6.45) is 2.56. The van der Waals surface area contributed by atoms with Crippen LogP contribution in [0.3, 0.4) is 0 Å². The maximum atomic E-state index is 14.3. The zero-order valence-corrected chi connectivity index (χ0v) is 25.8. The summed E-state index contributed by atoms with van der Waals surface area (Å²) in [5, 5.41) is 35.0. The van der Waals surface area contributed by atoms with Crippen LogP contribution in [-0.4, -0.2) is 95.5 Å². The lowest BCUT2D eigenvalue weighted by atomic mass is 9.57. The minimum absolute atomic E-state index is 0.0389. The molecule has 2 aromatic rings. The van der Waals surface area contributed by atoms with E-state index in [1.807, 2.05) is 31.1 Å². The minimum Gasteiger partial charge on any atom is -0.508 e. The first kappa shape index (κ1) is 30.8. The number of fused-ring (bicyclic) bond motifs is 3. The van der Waals surface area contributed by atoms with Gasteiger partial charge in [0.2, 0.25) is 5.78 Å². The molecule has 7 N–H and O–H groups in total. The van der Waals surface area contributed by atoms with Crippen molar-refractivity contribution in [3.8, 4) is 17.1 Å². The Labute approximate surface area is 260 Å². The monoisotopic (exact) mass is 621 g/mol. The molecule has 2 fully saturated rings. The number of nitrogens with zero attached hydrogens (tertiary/aromatic N) is 3. The topological polar surface area (TPSA) is 196 Å². The lowest BCUT2D eigenvalue weighted by Crippen LogP contribution is -2.65. The Balaban J connectivity index is 1.52. The number of carbonyl (C=O) groups is 3. The first-order chi connectivity index (χ1) is 21.3. The third-order valence-corrected chi connectivity index (χ3v) is 9.78. The van der Waals surface area contributed by atoms with E-state index in [0.717, 1.165) is 37.4 Å². The maximum absolute atomic E-state index is 14.3. The molecular formula is C32H39N5O8. The van der Waals surface area contributed by atoms with Crippen LogP contribution in [0.5, 0.6) is 5.75 Å². The molecule has 0 unspecified atom stereocenters. The zero-order valence-electron chi connectivity index (χ0n) is 25.8. The molecular weight excluding hydrogens is 582 g/mol. The summed E-state index contributed by atoms with van der Waals surface area (Å²) < 4.78 is 6.22. The van der Waals surface area contributed by atoms with Crippen LogP contribution in [0.15, 0.2) is 39.5 Å². The number of primary amides is 1. The second-order valence-electron chi connectivity index (χ2n) is 12.8. The van der Waals surface area contributed by atoms with E-state index in [2.05, 4.69) is 4.90 Å². The molecule has 1 amide bonds. The summed E-state index contributed by atoms with van der Waals surface area (Å²) in [5.41, 5.74) is 3.75. The van der Waals surface area contributed by atoms with Gasteiger partial charge in [-0.25, -0.2) is 0 Å². The Bertz CT molecular complexity index is 1670. The van der Waals surface area contributed by atoms with Crippen LogP contribution in [0, 0.1) is 11.8 Å². The molecule has 1 saturated carbocycles. The van der Waals surface area contributed by atoms with E-state index in [1.165, 1.54) is 4.90 Å². The fourth-order valence-corrected chi connectivity index (χ4v) is 7.75. The predicted octanol–water partition coefficient (Wildman–Crippen LogP) is 1.43. The highest BCUT2D eigenvalue weighted by Gasteiger charge is 2.64. The lowest BCUT2D eigenvalue weighted by Gasteiger charge is -2.50. The van der Waals surface area contributed by atoms with Crippen molar-refractivity contribution in [2.24, 2.45) is 23.5 Å². The molecule has 0 radical (unpaired) electrons. The van der Waals surface area contributed by atoms with Crippen molar-refractivity contribution in [2.45, 2.75) is 43.9 Å². The normalized spacial score (nSPS) is 26.7. The van der Waals surface area contributed by atoms with E-state index in [4.69, 9.17) is 20.9 Å². The Hall–Kier alpha value is -4.17. The predicted molar refractivity (Wildman–Crippen MR) is 164 cm³/mol. The molecule has 13 nitrogen and oxygen atoms in total. The molecule has 6 rings (SSSR count). The average molecular weight is 622 g/mol. The standard InChI is InChI=1S/C32H39N5O8/c1-35(2)20-13-18(21-8-7-16(44-21)14-37-9-5-6-10-37)28(45-34)23-17(20)11-15-12-19-25(36(3)4)27(39)24(31(33)42)30(41)32(19,43)29(40)22(15)26(23)38/h7-8,13,15,19,25,38,41,43H,5-6,9-12,14,34H2,1-4H3,(H2,33,42)/t15-,19-,25-,32-/m0/s1. The van der Waals surface area contributed by atoms with Crippen molar-refractivity contribution in [3.05, 3.63) is 52.0 Å². The summed E-state index contributed by atoms with van der Waals surface area (Å²) in [6.45, 7) is 2.64. The Morgan fingerprint density at radius 2 is 1.84 bits per heavy atom. The number of hydrogen-bond acceptors (Lipinski definition) is 12. The second-order valence-corrected chi connectivity index (χ2v) is 12.8. The summed E-state index contributed by atoms with van der Waals surface area (Å²) in [4.78, 5) is 51.0. The van der Waals surface area contributed by atoms with Gasteiger partial charge >= 0.3 is 0 Å². The van der Waals surface area contributed by atoms with Crippen LogP contribution in [-0.2, 0) is 27.3 Å². The molecule has 2 heterocycles. The largest absolute Gasteiger partial charge is 0.508 e. The molecule has 0 bridgehead atoms. The number of hydrogen-bond donors (Lipinski definition) is 5. The van der Waals surface area contributed by atoms with E-state index in [0.29, 0.717) is 23.4 Å². The van der Waals surface area contributed by atoms with E-state index in [9.17, 15) is 29.7 Å². The van der Waals surface area contributed by atoms with Gasteiger partial charge in [0.25, 0.3) is 5.91 Å². The molecule has 0 spiro atoms. The molecule has 45 heavy (non-hydrogen) atoms. The van der Waals surface area contributed by atoms with Crippen LogP contribution >= 0.6 is 0 Å². The number of nitrogens with two attached hydrogens (primary N) is 2. The van der Waals surface area contributed by atoms with Gasteiger partial charge in [0.05, 0.1) is 23.7 Å². The highest BCUT2D eigenvalue weighted by atomic mass is 16.6. The number of amides is 1. The Kier molecular flexibility index (Phi) is 7.55. The number of aliphatic hydroxyl groups excluding tert-OH is 2. The highest BCUT2D eigenvalue weighted by molar-refractivity contribution is 6.24. The van der Waals surface area contributed by atoms with Crippen molar-refractivity contribution in [1.29, 1.82) is 0 Å². The van der Waals surface area contributed by atoms with E-state index in [-0.39, 0.29) is 29.7 Å². The summed E-state index contributed by atoms with van der Waals surface area (Å²) in [6, 6.07) is 4.42. The van der Waals surface area contributed by atoms with Crippen LogP contribution in [0.1, 0.15) is 36.1 Å². The number of carbonyl (C=O) groups excluding carboxylic acids is 3. The number of likely N-dealkylation sites (N-methyl/N-ethyl adjacent to an activating group) is 1. The average Bonchev–Trinajstić information content (AvgIpc) is 3.66. The molecule has 1 aromatic carbocycles.